The molecule has 0 fully saturated rings. The maximum absolute atomic E-state index is 12.0. The van der Waals surface area contributed by atoms with Gasteiger partial charge in [0, 0.05) is 31.3 Å². The third-order valence-electron chi connectivity index (χ3n) is 2.81. The molecule has 5 nitrogen and oxygen atoms in total. The van der Waals surface area contributed by atoms with Gasteiger partial charge in [-0.15, -0.1) is 0 Å². The molecule has 0 amide bonds. The quantitative estimate of drug-likeness (QED) is 0.891. The maximum Gasteiger partial charge on any atom is 0.293 e. The predicted molar refractivity (Wildman–Crippen MR) is 70.4 cm³/mol. The molecule has 2 rings (SSSR count). The largest absolute Gasteiger partial charge is 0.359 e. The Labute approximate surface area is 106 Å². The summed E-state index contributed by atoms with van der Waals surface area (Å²) in [4.78, 5) is 20.1. The molecule has 0 spiro atoms. The second-order valence-corrected chi connectivity index (χ2v) is 4.01. The molecule has 0 aliphatic carbocycles. The molecule has 0 aromatic carbocycles. The third-order valence-corrected chi connectivity index (χ3v) is 2.81. The van der Waals surface area contributed by atoms with Crippen LogP contribution in [0.3, 0.4) is 0 Å². The van der Waals surface area contributed by atoms with Gasteiger partial charge in [-0.1, -0.05) is 0 Å². The van der Waals surface area contributed by atoms with Crippen LogP contribution in [-0.2, 0) is 6.54 Å². The highest BCUT2D eigenvalue weighted by Crippen LogP contribution is 2.14. The summed E-state index contributed by atoms with van der Waals surface area (Å²) in [6.45, 7) is 4.55. The smallest absolute Gasteiger partial charge is 0.293 e. The SMILES string of the molecule is CCn1ccnc(NC(C)c2ccncc2)c1=O. The summed E-state index contributed by atoms with van der Waals surface area (Å²) in [5.74, 6) is 0.378. The van der Waals surface area contributed by atoms with Crippen LogP contribution in [0.1, 0.15) is 25.5 Å². The van der Waals surface area contributed by atoms with Gasteiger partial charge in [0.2, 0.25) is 0 Å². The normalized spacial score (nSPS) is 12.1. The summed E-state index contributed by atoms with van der Waals surface area (Å²) in [7, 11) is 0. The summed E-state index contributed by atoms with van der Waals surface area (Å²) >= 11 is 0. The van der Waals surface area contributed by atoms with Crippen LogP contribution >= 0.6 is 0 Å². The lowest BCUT2D eigenvalue weighted by Crippen LogP contribution is -2.24. The molecule has 1 unspecified atom stereocenters. The number of aryl methyl sites for hydroxylation is 1. The number of hydrogen-bond donors (Lipinski definition) is 1. The molecule has 1 N–H and O–H groups in total. The monoisotopic (exact) mass is 244 g/mol. The third kappa shape index (κ3) is 2.56. The van der Waals surface area contributed by atoms with Gasteiger partial charge in [-0.2, -0.15) is 0 Å². The average molecular weight is 244 g/mol. The van der Waals surface area contributed by atoms with Gasteiger partial charge in [-0.3, -0.25) is 9.78 Å². The molecule has 94 valence electrons. The second kappa shape index (κ2) is 5.44. The van der Waals surface area contributed by atoms with Crippen LogP contribution in [0.25, 0.3) is 0 Å². The summed E-state index contributed by atoms with van der Waals surface area (Å²) < 4.78 is 1.62. The first-order valence-electron chi connectivity index (χ1n) is 5.94. The number of nitrogens with zero attached hydrogens (tertiary/aromatic N) is 3. The molecular weight excluding hydrogens is 228 g/mol. The van der Waals surface area contributed by atoms with Gasteiger partial charge in [0.15, 0.2) is 5.82 Å². The molecular formula is C13H16N4O. The van der Waals surface area contributed by atoms with E-state index < -0.39 is 0 Å². The number of anilines is 1. The molecule has 0 bridgehead atoms. The van der Waals surface area contributed by atoms with E-state index in [0.717, 1.165) is 5.56 Å². The molecule has 1 atom stereocenters. The number of aromatic nitrogens is 3. The Balaban J connectivity index is 2.22. The van der Waals surface area contributed by atoms with E-state index in [9.17, 15) is 4.79 Å². The number of rotatable bonds is 4. The number of nitrogens with one attached hydrogen (secondary N) is 1. The van der Waals surface area contributed by atoms with Gasteiger partial charge < -0.3 is 9.88 Å². The minimum absolute atomic E-state index is 0.0147. The predicted octanol–water partition coefficient (Wildman–Crippen LogP) is 1.83. The van der Waals surface area contributed by atoms with Crippen LogP contribution in [-0.4, -0.2) is 14.5 Å². The Morgan fingerprint density at radius 3 is 2.72 bits per heavy atom. The maximum atomic E-state index is 12.0. The summed E-state index contributed by atoms with van der Waals surface area (Å²) in [5.41, 5.74) is 0.971. The first kappa shape index (κ1) is 12.3. The Morgan fingerprint density at radius 1 is 1.33 bits per heavy atom. The van der Waals surface area contributed by atoms with Crippen LogP contribution in [0.2, 0.25) is 0 Å². The first-order valence-corrected chi connectivity index (χ1v) is 5.94. The minimum atomic E-state index is -0.0964. The molecule has 2 aromatic heterocycles. The molecule has 0 radical (unpaired) electrons. The van der Waals surface area contributed by atoms with Gasteiger partial charge in [0.1, 0.15) is 0 Å². The fourth-order valence-electron chi connectivity index (χ4n) is 1.74. The van der Waals surface area contributed by atoms with Gasteiger partial charge in [0.05, 0.1) is 6.04 Å². The lowest BCUT2D eigenvalue weighted by atomic mass is 10.1. The van der Waals surface area contributed by atoms with Crippen molar-refractivity contribution in [2.75, 3.05) is 5.32 Å². The van der Waals surface area contributed by atoms with Crippen molar-refractivity contribution in [2.24, 2.45) is 0 Å². The van der Waals surface area contributed by atoms with E-state index in [0.29, 0.717) is 12.4 Å². The molecule has 2 aromatic rings. The first-order chi connectivity index (χ1) is 8.72. The fraction of sp³-hybridized carbons (Fsp3) is 0.308. The van der Waals surface area contributed by atoms with Crippen molar-refractivity contribution in [3.05, 3.63) is 52.8 Å². The van der Waals surface area contributed by atoms with E-state index in [2.05, 4.69) is 15.3 Å². The Morgan fingerprint density at radius 2 is 2.06 bits per heavy atom. The van der Waals surface area contributed by atoms with E-state index >= 15 is 0 Å². The van der Waals surface area contributed by atoms with Crippen LogP contribution in [0.15, 0.2) is 41.7 Å². The molecule has 0 aliphatic heterocycles. The van der Waals surface area contributed by atoms with Crippen molar-refractivity contribution in [2.45, 2.75) is 26.4 Å². The van der Waals surface area contributed by atoms with Gasteiger partial charge in [-0.05, 0) is 31.5 Å². The van der Waals surface area contributed by atoms with Gasteiger partial charge >= 0.3 is 0 Å². The van der Waals surface area contributed by atoms with Crippen molar-refractivity contribution in [1.29, 1.82) is 0 Å². The molecule has 2 heterocycles. The standard InChI is InChI=1S/C13H16N4O/c1-3-17-9-8-15-12(13(17)18)16-10(2)11-4-6-14-7-5-11/h4-10H,3H2,1-2H3,(H,15,16). The van der Waals surface area contributed by atoms with Crippen molar-refractivity contribution in [3.63, 3.8) is 0 Å². The Hall–Kier alpha value is -2.17. The van der Waals surface area contributed by atoms with E-state index in [4.69, 9.17) is 0 Å². The van der Waals surface area contributed by atoms with Crippen LogP contribution in [0, 0.1) is 0 Å². The molecule has 0 aliphatic rings. The molecule has 0 saturated heterocycles. The van der Waals surface area contributed by atoms with E-state index in [1.54, 1.807) is 29.4 Å². The topological polar surface area (TPSA) is 59.8 Å². The zero-order valence-corrected chi connectivity index (χ0v) is 10.5. The zero-order valence-electron chi connectivity index (χ0n) is 10.5. The average Bonchev–Trinajstić information content (AvgIpc) is 2.42. The van der Waals surface area contributed by atoms with E-state index in [-0.39, 0.29) is 11.6 Å². The van der Waals surface area contributed by atoms with Gasteiger partial charge in [0.25, 0.3) is 5.56 Å². The highest BCUT2D eigenvalue weighted by molar-refractivity contribution is 5.35. The lowest BCUT2D eigenvalue weighted by Gasteiger charge is -2.14. The van der Waals surface area contributed by atoms with Crippen molar-refractivity contribution in [3.8, 4) is 0 Å². The summed E-state index contributed by atoms with van der Waals surface area (Å²) in [6.07, 6.45) is 6.78. The second-order valence-electron chi connectivity index (χ2n) is 4.01. The van der Waals surface area contributed by atoms with Crippen molar-refractivity contribution >= 4 is 5.82 Å². The molecule has 5 heteroatoms. The van der Waals surface area contributed by atoms with Crippen molar-refractivity contribution in [1.82, 2.24) is 14.5 Å². The Bertz CT molecular complexity index is 565. The van der Waals surface area contributed by atoms with E-state index in [1.807, 2.05) is 26.0 Å². The molecule has 18 heavy (non-hydrogen) atoms. The van der Waals surface area contributed by atoms with E-state index in [1.165, 1.54) is 0 Å². The summed E-state index contributed by atoms with van der Waals surface area (Å²) in [5, 5.41) is 3.13. The highest BCUT2D eigenvalue weighted by atomic mass is 16.1. The number of pyridine rings is 1. The number of hydrogen-bond acceptors (Lipinski definition) is 4. The van der Waals surface area contributed by atoms with Crippen LogP contribution in [0.5, 0.6) is 0 Å². The lowest BCUT2D eigenvalue weighted by molar-refractivity contribution is 0.714. The van der Waals surface area contributed by atoms with Gasteiger partial charge in [-0.25, -0.2) is 4.98 Å². The minimum Gasteiger partial charge on any atom is -0.359 e. The van der Waals surface area contributed by atoms with Crippen LogP contribution in [0.4, 0.5) is 5.82 Å². The molecule has 0 saturated carbocycles. The zero-order chi connectivity index (χ0) is 13.0. The fourth-order valence-corrected chi connectivity index (χ4v) is 1.74. The Kier molecular flexibility index (Phi) is 3.72. The summed E-state index contributed by atoms with van der Waals surface area (Å²) in [6, 6.07) is 3.85. The highest BCUT2D eigenvalue weighted by Gasteiger charge is 2.09. The van der Waals surface area contributed by atoms with Crippen LogP contribution < -0.4 is 10.9 Å². The van der Waals surface area contributed by atoms with Crippen molar-refractivity contribution < 1.29 is 0 Å².